The van der Waals surface area contributed by atoms with Crippen molar-refractivity contribution in [2.24, 2.45) is 7.05 Å². The van der Waals surface area contributed by atoms with Crippen LogP contribution in [0.25, 0.3) is 17.1 Å². The van der Waals surface area contributed by atoms with E-state index >= 15 is 0 Å². The Hall–Kier alpha value is -3.23. The van der Waals surface area contributed by atoms with Crippen molar-refractivity contribution in [1.29, 1.82) is 0 Å². The SMILES string of the molecule is Cn1nccc1-c1cc(=O)n(-c2ccc(O)cc2)c(N2CCC(F)(F)C2)n1. The van der Waals surface area contributed by atoms with Crippen LogP contribution in [-0.2, 0) is 7.05 Å². The molecule has 1 fully saturated rings. The van der Waals surface area contributed by atoms with Gasteiger partial charge >= 0.3 is 0 Å². The Morgan fingerprint density at radius 1 is 1.19 bits per heavy atom. The van der Waals surface area contributed by atoms with Crippen LogP contribution in [0.3, 0.4) is 0 Å². The van der Waals surface area contributed by atoms with Gasteiger partial charge in [-0.3, -0.25) is 9.48 Å². The fourth-order valence-corrected chi connectivity index (χ4v) is 3.19. The highest BCUT2D eigenvalue weighted by Crippen LogP contribution is 2.31. The molecule has 0 saturated carbocycles. The van der Waals surface area contributed by atoms with Crippen molar-refractivity contribution < 1.29 is 13.9 Å². The van der Waals surface area contributed by atoms with E-state index in [1.54, 1.807) is 36.1 Å². The first-order valence-corrected chi connectivity index (χ1v) is 8.39. The molecular weight excluding hydrogens is 356 g/mol. The van der Waals surface area contributed by atoms with Crippen LogP contribution in [0.2, 0.25) is 0 Å². The fourth-order valence-electron chi connectivity index (χ4n) is 3.19. The summed E-state index contributed by atoms with van der Waals surface area (Å²) in [5.41, 5.74) is 1.00. The summed E-state index contributed by atoms with van der Waals surface area (Å²) in [6, 6.07) is 8.99. The van der Waals surface area contributed by atoms with Crippen LogP contribution in [0, 0.1) is 0 Å². The van der Waals surface area contributed by atoms with Gasteiger partial charge in [-0.2, -0.15) is 5.10 Å². The molecule has 27 heavy (non-hydrogen) atoms. The molecule has 0 radical (unpaired) electrons. The summed E-state index contributed by atoms with van der Waals surface area (Å²) < 4.78 is 30.4. The van der Waals surface area contributed by atoms with E-state index in [1.807, 2.05) is 0 Å². The van der Waals surface area contributed by atoms with Crippen LogP contribution in [0.15, 0.2) is 47.4 Å². The molecule has 2 aromatic heterocycles. The summed E-state index contributed by atoms with van der Waals surface area (Å²) in [7, 11) is 1.71. The molecule has 9 heteroatoms. The van der Waals surface area contributed by atoms with Gasteiger partial charge in [-0.1, -0.05) is 0 Å². The standard InChI is InChI=1S/C18H17F2N5O2/c1-23-15(6-8-21-23)14-10-16(27)25(12-2-4-13(26)5-3-12)17(22-14)24-9-7-18(19,20)11-24/h2-6,8,10,26H,7,9,11H2,1H3. The second-order valence-corrected chi connectivity index (χ2v) is 6.50. The molecule has 1 aliphatic heterocycles. The Kier molecular flexibility index (Phi) is 3.94. The number of halogens is 2. The third kappa shape index (κ3) is 3.16. The van der Waals surface area contributed by atoms with Gasteiger partial charge in [0, 0.05) is 32.3 Å². The van der Waals surface area contributed by atoms with Crippen molar-refractivity contribution in [1.82, 2.24) is 19.3 Å². The molecule has 1 aromatic carbocycles. The van der Waals surface area contributed by atoms with Crippen molar-refractivity contribution >= 4 is 5.95 Å². The fraction of sp³-hybridized carbons (Fsp3) is 0.278. The van der Waals surface area contributed by atoms with Gasteiger partial charge in [0.25, 0.3) is 11.5 Å². The lowest BCUT2D eigenvalue weighted by Gasteiger charge is -2.22. The van der Waals surface area contributed by atoms with Gasteiger partial charge in [-0.25, -0.2) is 18.3 Å². The monoisotopic (exact) mass is 373 g/mol. The van der Waals surface area contributed by atoms with Crippen LogP contribution in [0.5, 0.6) is 5.75 Å². The van der Waals surface area contributed by atoms with Crippen molar-refractivity contribution in [2.45, 2.75) is 12.3 Å². The van der Waals surface area contributed by atoms with Gasteiger partial charge in [0.05, 0.1) is 23.6 Å². The maximum atomic E-state index is 13.8. The average molecular weight is 373 g/mol. The minimum atomic E-state index is -2.83. The summed E-state index contributed by atoms with van der Waals surface area (Å²) in [6.45, 7) is -0.418. The predicted molar refractivity (Wildman–Crippen MR) is 95.5 cm³/mol. The minimum Gasteiger partial charge on any atom is -0.508 e. The van der Waals surface area contributed by atoms with E-state index in [0.29, 0.717) is 17.1 Å². The normalized spacial score (nSPS) is 16.0. The number of rotatable bonds is 3. The summed E-state index contributed by atoms with van der Waals surface area (Å²) in [5.74, 6) is -2.65. The van der Waals surface area contributed by atoms with Gasteiger partial charge in [0.15, 0.2) is 0 Å². The zero-order valence-electron chi connectivity index (χ0n) is 14.5. The van der Waals surface area contributed by atoms with E-state index in [-0.39, 0.29) is 24.7 Å². The van der Waals surface area contributed by atoms with E-state index in [2.05, 4.69) is 10.1 Å². The maximum Gasteiger partial charge on any atom is 0.267 e. The Morgan fingerprint density at radius 3 is 2.52 bits per heavy atom. The number of benzene rings is 1. The molecule has 3 aromatic rings. The minimum absolute atomic E-state index is 0.0421. The van der Waals surface area contributed by atoms with Crippen LogP contribution in [0.4, 0.5) is 14.7 Å². The maximum absolute atomic E-state index is 13.8. The quantitative estimate of drug-likeness (QED) is 0.762. The number of aryl methyl sites for hydroxylation is 1. The van der Waals surface area contributed by atoms with Crippen LogP contribution in [-0.4, -0.2) is 43.5 Å². The first-order valence-electron chi connectivity index (χ1n) is 8.39. The van der Waals surface area contributed by atoms with Gasteiger partial charge in [-0.15, -0.1) is 0 Å². The average Bonchev–Trinajstić information content (AvgIpc) is 3.20. The topological polar surface area (TPSA) is 76.2 Å². The van der Waals surface area contributed by atoms with E-state index in [4.69, 9.17) is 0 Å². The summed E-state index contributed by atoms with van der Waals surface area (Å²) in [4.78, 5) is 18.8. The molecule has 1 N–H and O–H groups in total. The predicted octanol–water partition coefficient (Wildman–Crippen LogP) is 2.18. The smallest absolute Gasteiger partial charge is 0.267 e. The van der Waals surface area contributed by atoms with E-state index in [9.17, 15) is 18.7 Å². The van der Waals surface area contributed by atoms with E-state index < -0.39 is 18.0 Å². The largest absolute Gasteiger partial charge is 0.508 e. The molecule has 1 saturated heterocycles. The zero-order valence-corrected chi connectivity index (χ0v) is 14.5. The van der Waals surface area contributed by atoms with Crippen molar-refractivity contribution in [3.05, 3.63) is 52.9 Å². The lowest BCUT2D eigenvalue weighted by atomic mass is 10.2. The van der Waals surface area contributed by atoms with Crippen molar-refractivity contribution in [3.8, 4) is 22.8 Å². The lowest BCUT2D eigenvalue weighted by molar-refractivity contribution is 0.0256. The Morgan fingerprint density at radius 2 is 1.93 bits per heavy atom. The van der Waals surface area contributed by atoms with Crippen molar-refractivity contribution in [3.63, 3.8) is 0 Å². The molecule has 1 aliphatic rings. The van der Waals surface area contributed by atoms with E-state index in [0.717, 1.165) is 0 Å². The number of nitrogens with zero attached hydrogens (tertiary/aromatic N) is 5. The summed E-state index contributed by atoms with van der Waals surface area (Å²) in [5, 5.41) is 13.6. The number of anilines is 1. The molecule has 0 bridgehead atoms. The molecule has 0 spiro atoms. The lowest BCUT2D eigenvalue weighted by Crippen LogP contribution is -2.32. The molecule has 140 valence electrons. The number of alkyl halides is 2. The summed E-state index contributed by atoms with van der Waals surface area (Å²) in [6.07, 6.45) is 1.28. The number of aromatic hydroxyl groups is 1. The third-order valence-corrected chi connectivity index (χ3v) is 4.54. The van der Waals surface area contributed by atoms with E-state index in [1.165, 1.54) is 27.7 Å². The van der Waals surface area contributed by atoms with Gasteiger partial charge < -0.3 is 10.0 Å². The van der Waals surface area contributed by atoms with Crippen molar-refractivity contribution in [2.75, 3.05) is 18.0 Å². The highest BCUT2D eigenvalue weighted by Gasteiger charge is 2.40. The molecule has 0 aliphatic carbocycles. The number of phenols is 1. The Balaban J connectivity index is 1.91. The second-order valence-electron chi connectivity index (χ2n) is 6.50. The number of aromatic nitrogens is 4. The first kappa shape index (κ1) is 17.2. The molecule has 3 heterocycles. The van der Waals surface area contributed by atoms with Gasteiger partial charge in [0.1, 0.15) is 5.75 Å². The van der Waals surface area contributed by atoms with Gasteiger partial charge in [0.2, 0.25) is 5.95 Å². The Labute approximate surface area is 153 Å². The van der Waals surface area contributed by atoms with Crippen LogP contribution < -0.4 is 10.5 Å². The molecule has 0 amide bonds. The van der Waals surface area contributed by atoms with Gasteiger partial charge in [-0.05, 0) is 30.3 Å². The molecule has 0 unspecified atom stereocenters. The highest BCUT2D eigenvalue weighted by molar-refractivity contribution is 5.58. The first-order chi connectivity index (χ1) is 12.8. The molecule has 0 atom stereocenters. The third-order valence-electron chi connectivity index (χ3n) is 4.54. The Bertz CT molecular complexity index is 1040. The molecule has 4 rings (SSSR count). The number of hydrogen-bond donors (Lipinski definition) is 1. The second kappa shape index (κ2) is 6.19. The number of phenolic OH excluding ortho intramolecular Hbond substituents is 1. The number of hydrogen-bond acceptors (Lipinski definition) is 5. The van der Waals surface area contributed by atoms with Crippen LogP contribution >= 0.6 is 0 Å². The highest BCUT2D eigenvalue weighted by atomic mass is 19.3. The van der Waals surface area contributed by atoms with Crippen LogP contribution in [0.1, 0.15) is 6.42 Å². The summed E-state index contributed by atoms with van der Waals surface area (Å²) >= 11 is 0. The molecular formula is C18H17F2N5O2. The zero-order chi connectivity index (χ0) is 19.2. The molecule has 7 nitrogen and oxygen atoms in total.